The normalized spacial score (nSPS) is 13.8. The minimum Gasteiger partial charge on any atom is -0.392 e. The number of hydrogen-bond donors (Lipinski definition) is 2. The molecule has 0 rings (SSSR count). The predicted octanol–water partition coefficient (Wildman–Crippen LogP) is 12.8. The lowest BCUT2D eigenvalue weighted by molar-refractivity contribution is 0.177. The molecule has 3 nitrogen and oxygen atoms in total. The lowest BCUT2D eigenvalue weighted by atomic mass is 10.0. The minimum absolute atomic E-state index is 0.328. The molecule has 0 bridgehead atoms. The second kappa shape index (κ2) is 37.5. The SMILES string of the molecule is CCCCCCCCCCCCCCCCCCC(O)CS(=O)CC(O)CCCCCCCCCCCCCCCCCC. The van der Waals surface area contributed by atoms with Gasteiger partial charge in [-0.05, 0) is 12.8 Å². The van der Waals surface area contributed by atoms with Gasteiger partial charge in [0.15, 0.2) is 0 Å². The molecule has 0 saturated heterocycles. The van der Waals surface area contributed by atoms with Crippen molar-refractivity contribution >= 4 is 10.8 Å². The lowest BCUT2D eigenvalue weighted by Crippen LogP contribution is -2.24. The topological polar surface area (TPSA) is 57.5 Å². The van der Waals surface area contributed by atoms with E-state index < -0.39 is 23.0 Å². The Balaban J connectivity index is 3.37. The van der Waals surface area contributed by atoms with Crippen molar-refractivity contribution in [3.05, 3.63) is 0 Å². The van der Waals surface area contributed by atoms with Crippen molar-refractivity contribution in [2.45, 2.75) is 244 Å². The maximum absolute atomic E-state index is 12.4. The van der Waals surface area contributed by atoms with E-state index in [1.54, 1.807) is 0 Å². The first-order valence-corrected chi connectivity index (χ1v) is 21.8. The van der Waals surface area contributed by atoms with Crippen molar-refractivity contribution < 1.29 is 14.4 Å². The van der Waals surface area contributed by atoms with E-state index in [1.165, 1.54) is 193 Å². The summed E-state index contributed by atoms with van der Waals surface area (Å²) < 4.78 is 12.4. The summed E-state index contributed by atoms with van der Waals surface area (Å²) >= 11 is 0. The standard InChI is InChI=1S/C40H82O3S/c1-3-5-7-9-11-13-15-17-19-21-23-25-27-29-31-33-35-39(41)37-44(43)38-40(42)36-34-32-30-28-26-24-22-20-18-16-14-12-10-8-6-4-2/h39-42H,3-38H2,1-2H3. The summed E-state index contributed by atoms with van der Waals surface area (Å²) in [7, 11) is -1.12. The summed E-state index contributed by atoms with van der Waals surface area (Å²) in [6.45, 7) is 4.57. The van der Waals surface area contributed by atoms with Crippen LogP contribution < -0.4 is 0 Å². The van der Waals surface area contributed by atoms with Crippen molar-refractivity contribution in [3.8, 4) is 0 Å². The van der Waals surface area contributed by atoms with Gasteiger partial charge in [-0.1, -0.05) is 219 Å². The zero-order valence-corrected chi connectivity index (χ0v) is 31.1. The molecule has 0 aliphatic carbocycles. The van der Waals surface area contributed by atoms with Crippen LogP contribution in [0.25, 0.3) is 0 Å². The monoisotopic (exact) mass is 643 g/mol. The maximum Gasteiger partial charge on any atom is 0.0655 e. The first kappa shape index (κ1) is 44.1. The summed E-state index contributed by atoms with van der Waals surface area (Å²) in [5.41, 5.74) is 0. The summed E-state index contributed by atoms with van der Waals surface area (Å²) in [6.07, 6.45) is 43.8. The van der Waals surface area contributed by atoms with E-state index in [1.807, 2.05) is 0 Å². The Morgan fingerprint density at radius 3 is 0.727 bits per heavy atom. The van der Waals surface area contributed by atoms with Gasteiger partial charge in [-0.25, -0.2) is 0 Å². The lowest BCUT2D eigenvalue weighted by Gasteiger charge is -2.13. The molecule has 0 aromatic carbocycles. The molecule has 0 aliphatic heterocycles. The Kier molecular flexibility index (Phi) is 37.6. The van der Waals surface area contributed by atoms with Gasteiger partial charge in [-0.3, -0.25) is 4.21 Å². The molecule has 0 amide bonds. The van der Waals surface area contributed by atoms with Gasteiger partial charge in [0.25, 0.3) is 0 Å². The molecule has 0 aromatic rings. The van der Waals surface area contributed by atoms with Gasteiger partial charge in [0, 0.05) is 22.3 Å². The van der Waals surface area contributed by atoms with Crippen LogP contribution in [0.3, 0.4) is 0 Å². The van der Waals surface area contributed by atoms with Gasteiger partial charge in [-0.15, -0.1) is 0 Å². The van der Waals surface area contributed by atoms with Crippen LogP contribution in [0.4, 0.5) is 0 Å². The van der Waals surface area contributed by atoms with Gasteiger partial charge in [0.1, 0.15) is 0 Å². The molecule has 44 heavy (non-hydrogen) atoms. The van der Waals surface area contributed by atoms with Crippen molar-refractivity contribution in [3.63, 3.8) is 0 Å². The van der Waals surface area contributed by atoms with E-state index in [0.717, 1.165) is 25.7 Å². The van der Waals surface area contributed by atoms with Crippen LogP contribution >= 0.6 is 0 Å². The fraction of sp³-hybridized carbons (Fsp3) is 1.00. The molecule has 4 heteroatoms. The largest absolute Gasteiger partial charge is 0.392 e. The molecule has 2 unspecified atom stereocenters. The summed E-state index contributed by atoms with van der Waals surface area (Å²) in [5.74, 6) is 0.656. The summed E-state index contributed by atoms with van der Waals surface area (Å²) in [6, 6.07) is 0. The molecule has 0 aromatic heterocycles. The van der Waals surface area contributed by atoms with Crippen molar-refractivity contribution in [1.82, 2.24) is 0 Å². The molecule has 0 aliphatic rings. The quantitative estimate of drug-likeness (QED) is 0.0659. The van der Waals surface area contributed by atoms with Crippen LogP contribution in [0.1, 0.15) is 232 Å². The third-order valence-corrected chi connectivity index (χ3v) is 11.1. The highest BCUT2D eigenvalue weighted by molar-refractivity contribution is 7.85. The van der Waals surface area contributed by atoms with Crippen LogP contribution in [0, 0.1) is 0 Å². The van der Waals surface area contributed by atoms with Crippen LogP contribution in [-0.4, -0.2) is 38.1 Å². The van der Waals surface area contributed by atoms with E-state index in [-0.39, 0.29) is 0 Å². The number of aliphatic hydroxyl groups excluding tert-OH is 2. The van der Waals surface area contributed by atoms with Crippen LogP contribution in [0.15, 0.2) is 0 Å². The summed E-state index contributed by atoms with van der Waals surface area (Å²) in [5, 5.41) is 20.6. The van der Waals surface area contributed by atoms with Crippen LogP contribution in [0.2, 0.25) is 0 Å². The van der Waals surface area contributed by atoms with Crippen LogP contribution in [-0.2, 0) is 10.8 Å². The van der Waals surface area contributed by atoms with Gasteiger partial charge >= 0.3 is 0 Å². The highest BCUT2D eigenvalue weighted by Crippen LogP contribution is 2.16. The van der Waals surface area contributed by atoms with Crippen LogP contribution in [0.5, 0.6) is 0 Å². The van der Waals surface area contributed by atoms with E-state index in [0.29, 0.717) is 11.5 Å². The zero-order valence-electron chi connectivity index (χ0n) is 30.3. The Morgan fingerprint density at radius 2 is 0.523 bits per heavy atom. The molecular weight excluding hydrogens is 561 g/mol. The van der Waals surface area contributed by atoms with E-state index in [2.05, 4.69) is 13.8 Å². The zero-order chi connectivity index (χ0) is 32.2. The average molecular weight is 643 g/mol. The molecule has 0 heterocycles. The van der Waals surface area contributed by atoms with E-state index in [4.69, 9.17) is 0 Å². The average Bonchev–Trinajstić information content (AvgIpc) is 3.00. The van der Waals surface area contributed by atoms with E-state index in [9.17, 15) is 14.4 Å². The Labute approximate surface area is 280 Å². The number of hydrogen-bond acceptors (Lipinski definition) is 3. The number of unbranched alkanes of at least 4 members (excludes halogenated alkanes) is 30. The third-order valence-electron chi connectivity index (χ3n) is 9.54. The third kappa shape index (κ3) is 36.5. The fourth-order valence-electron chi connectivity index (χ4n) is 6.52. The molecule has 0 saturated carbocycles. The van der Waals surface area contributed by atoms with E-state index >= 15 is 0 Å². The second-order valence-electron chi connectivity index (χ2n) is 14.3. The molecule has 2 N–H and O–H groups in total. The van der Waals surface area contributed by atoms with Gasteiger partial charge in [-0.2, -0.15) is 0 Å². The molecule has 2 atom stereocenters. The second-order valence-corrected chi connectivity index (χ2v) is 15.8. The highest BCUT2D eigenvalue weighted by Gasteiger charge is 2.14. The molecule has 0 fully saturated rings. The Hall–Kier alpha value is 0.0700. The predicted molar refractivity (Wildman–Crippen MR) is 198 cm³/mol. The van der Waals surface area contributed by atoms with Gasteiger partial charge in [0.05, 0.1) is 12.2 Å². The number of aliphatic hydroxyl groups is 2. The smallest absolute Gasteiger partial charge is 0.0655 e. The molecular formula is C40H82O3S. The molecule has 0 spiro atoms. The first-order chi connectivity index (χ1) is 21.6. The first-order valence-electron chi connectivity index (χ1n) is 20.3. The van der Waals surface area contributed by atoms with Crippen molar-refractivity contribution in [1.29, 1.82) is 0 Å². The van der Waals surface area contributed by atoms with Gasteiger partial charge in [0.2, 0.25) is 0 Å². The van der Waals surface area contributed by atoms with Crippen molar-refractivity contribution in [2.24, 2.45) is 0 Å². The van der Waals surface area contributed by atoms with Gasteiger partial charge < -0.3 is 10.2 Å². The van der Waals surface area contributed by atoms with Crippen molar-refractivity contribution in [2.75, 3.05) is 11.5 Å². The minimum atomic E-state index is -1.12. The highest BCUT2D eigenvalue weighted by atomic mass is 32.2. The maximum atomic E-state index is 12.4. The number of rotatable bonds is 38. The molecule has 266 valence electrons. The fourth-order valence-corrected chi connectivity index (χ4v) is 7.85. The summed E-state index contributed by atoms with van der Waals surface area (Å²) in [4.78, 5) is 0. The Bertz CT molecular complexity index is 509. The Morgan fingerprint density at radius 1 is 0.341 bits per heavy atom. The molecule has 0 radical (unpaired) electrons.